The summed E-state index contributed by atoms with van der Waals surface area (Å²) in [6.45, 7) is 0.549. The Kier molecular flexibility index (Phi) is 10.2. The molecule has 47 heavy (non-hydrogen) atoms. The number of nitrogens with zero attached hydrogens (tertiary/aromatic N) is 3. The van der Waals surface area contributed by atoms with Gasteiger partial charge in [-0.2, -0.15) is 0 Å². The van der Waals surface area contributed by atoms with E-state index in [2.05, 4.69) is 36.2 Å². The van der Waals surface area contributed by atoms with Crippen molar-refractivity contribution in [2.24, 2.45) is 0 Å². The molecule has 4 aromatic carbocycles. The maximum atomic E-state index is 15.3. The maximum Gasteiger partial charge on any atom is 0.180 e. The third-order valence-electron chi connectivity index (χ3n) is 7.09. The quantitative estimate of drug-likeness (QED) is 0.119. The topological polar surface area (TPSA) is 103 Å². The molecular formula is C34H27BrF2N4O4S2. The standard InChI is InChI=1S/C34H27BrF2N4O4S2/c35-28-16-24(9-10-32(28)45-19-22-5-4-6-23(36)15-22)40-34-27-17-26(29(37)18-30(27)38-21-39-34)31-20-46-33(41-31)11-12-44-13-14-47(42,43)25-7-2-1-3-8-25/h1-10,15-18,20-21H,11-14,19H2,(H,38,39,40). The lowest BCUT2D eigenvalue weighted by Gasteiger charge is -2.13. The number of anilines is 2. The van der Waals surface area contributed by atoms with Gasteiger partial charge in [-0.15, -0.1) is 11.3 Å². The molecule has 1 N–H and O–H groups in total. The van der Waals surface area contributed by atoms with Gasteiger partial charge in [-0.25, -0.2) is 32.2 Å². The van der Waals surface area contributed by atoms with Crippen molar-refractivity contribution in [3.05, 3.63) is 123 Å². The number of halogens is 3. The van der Waals surface area contributed by atoms with Gasteiger partial charge in [0.25, 0.3) is 0 Å². The van der Waals surface area contributed by atoms with Crippen LogP contribution in [0.5, 0.6) is 5.75 Å². The van der Waals surface area contributed by atoms with E-state index in [0.717, 1.165) is 5.01 Å². The van der Waals surface area contributed by atoms with E-state index in [0.29, 0.717) is 55.9 Å². The second-order valence-electron chi connectivity index (χ2n) is 10.4. The SMILES string of the molecule is O=S(=O)(CCOCCc1nc(-c2cc3c(Nc4ccc(OCc5cccc(F)c5)c(Br)c4)ncnc3cc2F)cs1)c1ccccc1. The Morgan fingerprint density at radius 2 is 1.77 bits per heavy atom. The van der Waals surface area contributed by atoms with Crippen molar-refractivity contribution in [2.75, 3.05) is 24.3 Å². The summed E-state index contributed by atoms with van der Waals surface area (Å²) < 4.78 is 65.7. The first-order valence-electron chi connectivity index (χ1n) is 14.4. The van der Waals surface area contributed by atoms with Crippen LogP contribution < -0.4 is 10.1 Å². The van der Waals surface area contributed by atoms with Crippen LogP contribution in [0.25, 0.3) is 22.2 Å². The van der Waals surface area contributed by atoms with E-state index >= 15 is 4.39 Å². The number of thiazole rings is 1. The molecule has 0 amide bonds. The Labute approximate surface area is 282 Å². The average Bonchev–Trinajstić information content (AvgIpc) is 3.53. The van der Waals surface area contributed by atoms with E-state index in [1.165, 1.54) is 35.9 Å². The molecule has 0 bridgehead atoms. The minimum absolute atomic E-state index is 0.0613. The van der Waals surface area contributed by atoms with Gasteiger partial charge in [0.15, 0.2) is 9.84 Å². The minimum Gasteiger partial charge on any atom is -0.488 e. The van der Waals surface area contributed by atoms with Gasteiger partial charge in [0.1, 0.15) is 36.1 Å². The highest BCUT2D eigenvalue weighted by Gasteiger charge is 2.16. The fourth-order valence-corrected chi connectivity index (χ4v) is 7.14. The van der Waals surface area contributed by atoms with Gasteiger partial charge >= 0.3 is 0 Å². The largest absolute Gasteiger partial charge is 0.488 e. The van der Waals surface area contributed by atoms with Gasteiger partial charge in [-0.05, 0) is 70.0 Å². The highest BCUT2D eigenvalue weighted by Crippen LogP contribution is 2.34. The number of ether oxygens (including phenoxy) is 2. The molecule has 240 valence electrons. The number of hydrogen-bond donors (Lipinski definition) is 1. The fourth-order valence-electron chi connectivity index (χ4n) is 4.72. The Morgan fingerprint density at radius 3 is 2.57 bits per heavy atom. The predicted molar refractivity (Wildman–Crippen MR) is 182 cm³/mol. The van der Waals surface area contributed by atoms with Crippen molar-refractivity contribution in [1.29, 1.82) is 0 Å². The molecular weight excluding hydrogens is 710 g/mol. The lowest BCUT2D eigenvalue weighted by Crippen LogP contribution is -2.13. The number of nitrogens with one attached hydrogen (secondary N) is 1. The van der Waals surface area contributed by atoms with Crippen molar-refractivity contribution >= 4 is 59.5 Å². The molecule has 0 aliphatic heterocycles. The van der Waals surface area contributed by atoms with Gasteiger partial charge in [0.2, 0.25) is 0 Å². The zero-order valence-electron chi connectivity index (χ0n) is 24.7. The van der Waals surface area contributed by atoms with Crippen LogP contribution in [0.4, 0.5) is 20.3 Å². The van der Waals surface area contributed by atoms with Crippen molar-refractivity contribution in [3.63, 3.8) is 0 Å². The number of aromatic nitrogens is 3. The second-order valence-corrected chi connectivity index (χ2v) is 14.3. The number of rotatable bonds is 13. The van der Waals surface area contributed by atoms with Crippen LogP contribution in [-0.2, 0) is 27.6 Å². The molecule has 13 heteroatoms. The van der Waals surface area contributed by atoms with Crippen LogP contribution in [0.15, 0.2) is 106 Å². The Hall–Kier alpha value is -4.30. The molecule has 2 heterocycles. The number of fused-ring (bicyclic) bond motifs is 1. The van der Waals surface area contributed by atoms with E-state index in [1.807, 2.05) is 12.1 Å². The van der Waals surface area contributed by atoms with E-state index in [4.69, 9.17) is 9.47 Å². The summed E-state index contributed by atoms with van der Waals surface area (Å²) >= 11 is 4.91. The lowest BCUT2D eigenvalue weighted by molar-refractivity contribution is 0.152. The fraction of sp³-hybridized carbons (Fsp3) is 0.147. The summed E-state index contributed by atoms with van der Waals surface area (Å²) in [6, 6.07) is 22.9. The monoisotopic (exact) mass is 736 g/mol. The number of hydrogen-bond acceptors (Lipinski definition) is 9. The van der Waals surface area contributed by atoms with Gasteiger partial charge in [-0.3, -0.25) is 0 Å². The van der Waals surface area contributed by atoms with E-state index in [-0.39, 0.29) is 36.3 Å². The van der Waals surface area contributed by atoms with E-state index < -0.39 is 15.7 Å². The van der Waals surface area contributed by atoms with E-state index in [9.17, 15) is 12.8 Å². The summed E-state index contributed by atoms with van der Waals surface area (Å²) in [7, 11) is -3.41. The van der Waals surface area contributed by atoms with Crippen LogP contribution >= 0.6 is 27.3 Å². The van der Waals surface area contributed by atoms with Crippen molar-refractivity contribution < 1.29 is 26.7 Å². The Bertz CT molecular complexity index is 2130. The van der Waals surface area contributed by atoms with Crippen LogP contribution in [0.1, 0.15) is 10.6 Å². The van der Waals surface area contributed by atoms with Gasteiger partial charge in [0.05, 0.1) is 44.6 Å². The molecule has 0 spiro atoms. The van der Waals surface area contributed by atoms with Crippen LogP contribution in [0.3, 0.4) is 0 Å². The molecule has 0 radical (unpaired) electrons. The van der Waals surface area contributed by atoms with Crippen molar-refractivity contribution in [3.8, 4) is 17.0 Å². The van der Waals surface area contributed by atoms with Crippen molar-refractivity contribution in [1.82, 2.24) is 15.0 Å². The molecule has 2 aromatic heterocycles. The molecule has 0 aliphatic carbocycles. The molecule has 6 aromatic rings. The highest BCUT2D eigenvalue weighted by atomic mass is 79.9. The number of sulfone groups is 1. The molecule has 0 atom stereocenters. The summed E-state index contributed by atoms with van der Waals surface area (Å²) in [4.78, 5) is 13.5. The molecule has 0 saturated heterocycles. The minimum atomic E-state index is -3.41. The molecule has 8 nitrogen and oxygen atoms in total. The normalized spacial score (nSPS) is 11.6. The van der Waals surface area contributed by atoms with Crippen LogP contribution in [0, 0.1) is 11.6 Å². The first-order chi connectivity index (χ1) is 22.7. The van der Waals surface area contributed by atoms with Gasteiger partial charge in [0, 0.05) is 34.5 Å². The molecule has 0 unspecified atom stereocenters. The number of benzene rings is 4. The average molecular weight is 738 g/mol. The first kappa shape index (κ1) is 32.6. The van der Waals surface area contributed by atoms with Gasteiger partial charge in [-0.1, -0.05) is 30.3 Å². The Morgan fingerprint density at radius 1 is 0.915 bits per heavy atom. The molecule has 0 saturated carbocycles. The lowest BCUT2D eigenvalue weighted by atomic mass is 10.1. The molecule has 6 rings (SSSR count). The van der Waals surface area contributed by atoms with Crippen LogP contribution in [-0.4, -0.2) is 42.3 Å². The van der Waals surface area contributed by atoms with Crippen LogP contribution in [0.2, 0.25) is 0 Å². The molecule has 0 fully saturated rings. The van der Waals surface area contributed by atoms with Gasteiger partial charge < -0.3 is 14.8 Å². The zero-order valence-corrected chi connectivity index (χ0v) is 27.9. The summed E-state index contributed by atoms with van der Waals surface area (Å²) in [6.07, 6.45) is 1.82. The third-order valence-corrected chi connectivity index (χ3v) is 10.3. The highest BCUT2D eigenvalue weighted by molar-refractivity contribution is 9.10. The Balaban J connectivity index is 1.10. The van der Waals surface area contributed by atoms with Crippen molar-refractivity contribution in [2.45, 2.75) is 17.9 Å². The smallest absolute Gasteiger partial charge is 0.180 e. The summed E-state index contributed by atoms with van der Waals surface area (Å²) in [5, 5.41) is 6.38. The maximum absolute atomic E-state index is 15.3. The first-order valence-corrected chi connectivity index (χ1v) is 17.8. The molecule has 0 aliphatic rings. The zero-order chi connectivity index (χ0) is 32.8. The predicted octanol–water partition coefficient (Wildman–Crippen LogP) is 8.15. The summed E-state index contributed by atoms with van der Waals surface area (Å²) in [5.74, 6) is 0.150. The third kappa shape index (κ3) is 8.17. The second kappa shape index (κ2) is 14.6. The van der Waals surface area contributed by atoms with E-state index in [1.54, 1.807) is 60.0 Å². The summed E-state index contributed by atoms with van der Waals surface area (Å²) in [5.41, 5.74) is 2.60.